The highest BCUT2D eigenvalue weighted by Gasteiger charge is 1.89. The van der Waals surface area contributed by atoms with Crippen LogP contribution in [0.4, 0.5) is 5.95 Å². The molecule has 0 saturated carbocycles. The highest BCUT2D eigenvalue weighted by molar-refractivity contribution is 5.58. The van der Waals surface area contributed by atoms with Crippen LogP contribution in [0.15, 0.2) is 23.6 Å². The number of rotatable bonds is 4. The van der Waals surface area contributed by atoms with E-state index in [1.54, 1.807) is 18.5 Å². The lowest BCUT2D eigenvalue weighted by atomic mass is 10.2. The molecule has 0 bridgehead atoms. The summed E-state index contributed by atoms with van der Waals surface area (Å²) in [5.74, 6) is 1.16. The van der Waals surface area contributed by atoms with Crippen LogP contribution in [-0.4, -0.2) is 16.2 Å². The number of nitrogens with zero attached hydrogens (tertiary/aromatic N) is 3. The van der Waals surface area contributed by atoms with Crippen LogP contribution < -0.4 is 5.43 Å². The van der Waals surface area contributed by atoms with Crippen LogP contribution in [0.5, 0.6) is 0 Å². The van der Waals surface area contributed by atoms with E-state index in [1.165, 1.54) is 0 Å². The van der Waals surface area contributed by atoms with Gasteiger partial charge in [-0.25, -0.2) is 15.4 Å². The molecule has 0 aliphatic carbocycles. The largest absolute Gasteiger partial charge is 0.246 e. The van der Waals surface area contributed by atoms with Crippen molar-refractivity contribution in [1.29, 1.82) is 0 Å². The van der Waals surface area contributed by atoms with Crippen LogP contribution in [0.3, 0.4) is 0 Å². The lowest BCUT2D eigenvalue weighted by Crippen LogP contribution is -1.96. The zero-order valence-electron chi connectivity index (χ0n) is 7.94. The van der Waals surface area contributed by atoms with E-state index < -0.39 is 0 Å². The minimum absolute atomic E-state index is 0.530. The van der Waals surface area contributed by atoms with Crippen molar-refractivity contribution in [1.82, 2.24) is 9.97 Å². The molecule has 0 amide bonds. The van der Waals surface area contributed by atoms with Crippen molar-refractivity contribution in [3.8, 4) is 0 Å². The fraction of sp³-hybridized carbons (Fsp3) is 0.444. The van der Waals surface area contributed by atoms with Gasteiger partial charge < -0.3 is 0 Å². The summed E-state index contributed by atoms with van der Waals surface area (Å²) < 4.78 is 0. The van der Waals surface area contributed by atoms with Gasteiger partial charge in [-0.1, -0.05) is 13.8 Å². The molecule has 0 aliphatic rings. The zero-order chi connectivity index (χ0) is 9.52. The summed E-state index contributed by atoms with van der Waals surface area (Å²) in [6, 6.07) is 1.77. The van der Waals surface area contributed by atoms with Crippen LogP contribution in [0, 0.1) is 5.92 Å². The van der Waals surface area contributed by atoms with Crippen molar-refractivity contribution in [2.24, 2.45) is 11.0 Å². The molecule has 1 rings (SSSR count). The van der Waals surface area contributed by atoms with Gasteiger partial charge >= 0.3 is 0 Å². The van der Waals surface area contributed by atoms with E-state index in [0.717, 1.165) is 6.42 Å². The van der Waals surface area contributed by atoms with Crippen LogP contribution >= 0.6 is 0 Å². The van der Waals surface area contributed by atoms with E-state index in [9.17, 15) is 0 Å². The third-order valence-electron chi connectivity index (χ3n) is 1.40. The standard InChI is InChI=1S/C9H14N4/c1-8(2)4-7-12-13-9-10-5-3-6-11-9/h3,5-8H,4H2,1-2H3,(H,10,11,13)/b12-7+. The van der Waals surface area contributed by atoms with Crippen LogP contribution in [0.1, 0.15) is 20.3 Å². The Morgan fingerprint density at radius 3 is 2.77 bits per heavy atom. The molecule has 4 heteroatoms. The second-order valence-electron chi connectivity index (χ2n) is 3.13. The Morgan fingerprint density at radius 2 is 2.15 bits per heavy atom. The molecule has 0 saturated heterocycles. The zero-order valence-corrected chi connectivity index (χ0v) is 7.94. The lowest BCUT2D eigenvalue weighted by molar-refractivity contribution is 0.690. The van der Waals surface area contributed by atoms with Gasteiger partial charge in [0.15, 0.2) is 0 Å². The number of hydrogen-bond acceptors (Lipinski definition) is 4. The molecule has 1 aromatic rings. The molecular weight excluding hydrogens is 164 g/mol. The molecule has 0 fully saturated rings. The first-order chi connectivity index (χ1) is 6.29. The Labute approximate surface area is 78.1 Å². The summed E-state index contributed by atoms with van der Waals surface area (Å²) in [7, 11) is 0. The summed E-state index contributed by atoms with van der Waals surface area (Å²) in [6.07, 6.45) is 6.14. The number of aromatic nitrogens is 2. The normalized spacial score (nSPS) is 11.0. The van der Waals surface area contributed by atoms with Crippen molar-refractivity contribution in [2.75, 3.05) is 5.43 Å². The van der Waals surface area contributed by atoms with Crippen molar-refractivity contribution in [2.45, 2.75) is 20.3 Å². The van der Waals surface area contributed by atoms with Gasteiger partial charge in [0, 0.05) is 18.6 Å². The van der Waals surface area contributed by atoms with Crippen molar-refractivity contribution in [3.05, 3.63) is 18.5 Å². The summed E-state index contributed by atoms with van der Waals surface area (Å²) in [6.45, 7) is 4.29. The monoisotopic (exact) mass is 178 g/mol. The van der Waals surface area contributed by atoms with E-state index in [2.05, 4.69) is 34.3 Å². The smallest absolute Gasteiger partial charge is 0.243 e. The molecule has 0 unspecified atom stereocenters. The maximum absolute atomic E-state index is 3.98. The Balaban J connectivity index is 2.31. The first kappa shape index (κ1) is 9.64. The summed E-state index contributed by atoms with van der Waals surface area (Å²) in [5.41, 5.74) is 2.75. The van der Waals surface area contributed by atoms with Gasteiger partial charge in [-0.05, 0) is 18.4 Å². The van der Waals surface area contributed by atoms with Crippen LogP contribution in [0.25, 0.3) is 0 Å². The predicted octanol–water partition coefficient (Wildman–Crippen LogP) is 1.92. The Bertz CT molecular complexity index is 256. The first-order valence-corrected chi connectivity index (χ1v) is 4.33. The Kier molecular flexibility index (Phi) is 3.88. The van der Waals surface area contributed by atoms with E-state index in [-0.39, 0.29) is 0 Å². The lowest BCUT2D eigenvalue weighted by Gasteiger charge is -1.97. The molecule has 0 radical (unpaired) electrons. The fourth-order valence-corrected chi connectivity index (χ4v) is 0.724. The highest BCUT2D eigenvalue weighted by Crippen LogP contribution is 1.96. The van der Waals surface area contributed by atoms with Gasteiger partial charge in [0.1, 0.15) is 0 Å². The quantitative estimate of drug-likeness (QED) is 0.566. The first-order valence-electron chi connectivity index (χ1n) is 4.33. The van der Waals surface area contributed by atoms with E-state index in [1.807, 2.05) is 6.21 Å². The second-order valence-corrected chi connectivity index (χ2v) is 3.13. The Morgan fingerprint density at radius 1 is 1.46 bits per heavy atom. The molecule has 1 aromatic heterocycles. The molecule has 70 valence electrons. The predicted molar refractivity (Wildman–Crippen MR) is 53.6 cm³/mol. The minimum atomic E-state index is 0.530. The molecule has 0 aliphatic heterocycles. The number of hydrazone groups is 1. The molecular formula is C9H14N4. The van der Waals surface area contributed by atoms with Crippen molar-refractivity contribution < 1.29 is 0 Å². The molecule has 0 aromatic carbocycles. The van der Waals surface area contributed by atoms with Gasteiger partial charge in [0.25, 0.3) is 0 Å². The maximum atomic E-state index is 3.98. The van der Waals surface area contributed by atoms with Crippen LogP contribution in [0.2, 0.25) is 0 Å². The van der Waals surface area contributed by atoms with E-state index in [0.29, 0.717) is 11.9 Å². The molecule has 4 nitrogen and oxygen atoms in total. The SMILES string of the molecule is CC(C)C/C=N/Nc1ncccn1. The van der Waals surface area contributed by atoms with Gasteiger partial charge in [-0.2, -0.15) is 5.10 Å². The van der Waals surface area contributed by atoms with Gasteiger partial charge in [-0.3, -0.25) is 0 Å². The van der Waals surface area contributed by atoms with E-state index >= 15 is 0 Å². The van der Waals surface area contributed by atoms with Gasteiger partial charge in [0.2, 0.25) is 5.95 Å². The average molecular weight is 178 g/mol. The molecule has 1 N–H and O–H groups in total. The minimum Gasteiger partial charge on any atom is -0.246 e. The van der Waals surface area contributed by atoms with Gasteiger partial charge in [0.05, 0.1) is 0 Å². The van der Waals surface area contributed by atoms with Crippen molar-refractivity contribution >= 4 is 12.2 Å². The highest BCUT2D eigenvalue weighted by atomic mass is 15.3. The average Bonchev–Trinajstić information content (AvgIpc) is 2.14. The molecule has 13 heavy (non-hydrogen) atoms. The maximum Gasteiger partial charge on any atom is 0.243 e. The van der Waals surface area contributed by atoms with Gasteiger partial charge in [-0.15, -0.1) is 0 Å². The topological polar surface area (TPSA) is 50.2 Å². The third-order valence-corrected chi connectivity index (χ3v) is 1.40. The van der Waals surface area contributed by atoms with Crippen molar-refractivity contribution in [3.63, 3.8) is 0 Å². The number of hydrogen-bond donors (Lipinski definition) is 1. The number of nitrogens with one attached hydrogen (secondary N) is 1. The molecule has 0 spiro atoms. The van der Waals surface area contributed by atoms with E-state index in [4.69, 9.17) is 0 Å². The summed E-state index contributed by atoms with van der Waals surface area (Å²) in [5, 5.41) is 3.98. The third kappa shape index (κ3) is 4.20. The molecule has 1 heterocycles. The Hall–Kier alpha value is -1.45. The van der Waals surface area contributed by atoms with Crippen LogP contribution in [-0.2, 0) is 0 Å². The second kappa shape index (κ2) is 5.24. The number of anilines is 1. The fourth-order valence-electron chi connectivity index (χ4n) is 0.724. The summed E-state index contributed by atoms with van der Waals surface area (Å²) >= 11 is 0. The molecule has 0 atom stereocenters. The summed E-state index contributed by atoms with van der Waals surface area (Å²) in [4.78, 5) is 7.92.